The Bertz CT molecular complexity index is 1170. The van der Waals surface area contributed by atoms with Crippen molar-refractivity contribution in [3.8, 4) is 11.8 Å². The molecule has 3 aromatic heterocycles. The molecule has 178 valence electrons. The number of aryl methyl sites for hydroxylation is 3. The molecule has 0 aromatic carbocycles. The molecular weight excluding hydrogens is 426 g/mol. The summed E-state index contributed by atoms with van der Waals surface area (Å²) in [5.74, 6) is 2.02. The van der Waals surface area contributed by atoms with Crippen LogP contribution in [0, 0.1) is 20.8 Å². The Kier molecular flexibility index (Phi) is 7.10. The highest BCUT2D eigenvalue weighted by molar-refractivity contribution is 6.14. The van der Waals surface area contributed by atoms with E-state index in [-0.39, 0.29) is 0 Å². The van der Waals surface area contributed by atoms with Gasteiger partial charge in [-0.05, 0) is 57.9 Å². The molecule has 0 unspecified atom stereocenters. The quantitative estimate of drug-likeness (QED) is 0.361. The number of carbonyl (C=O) groups excluding carboxylic acids is 1. The van der Waals surface area contributed by atoms with Crippen LogP contribution >= 0.6 is 0 Å². The van der Waals surface area contributed by atoms with Crippen LogP contribution < -0.4 is 9.64 Å². The second kappa shape index (κ2) is 10.2. The summed E-state index contributed by atoms with van der Waals surface area (Å²) in [5.41, 5.74) is 5.12. The molecule has 0 aliphatic heterocycles. The molecule has 1 aliphatic carbocycles. The zero-order valence-corrected chi connectivity index (χ0v) is 20.7. The lowest BCUT2D eigenvalue weighted by molar-refractivity contribution is -0.103. The van der Waals surface area contributed by atoms with E-state index >= 15 is 0 Å². The topological polar surface area (TPSA) is 73.1 Å². The van der Waals surface area contributed by atoms with Gasteiger partial charge in [0.1, 0.15) is 5.82 Å². The zero-order valence-electron chi connectivity index (χ0n) is 20.7. The first kappa shape index (κ1) is 23.7. The van der Waals surface area contributed by atoms with Crippen molar-refractivity contribution < 1.29 is 9.53 Å². The number of hydrogen-bond acceptors (Lipinski definition) is 6. The number of ether oxygens (including phenoxy) is 1. The first-order valence-corrected chi connectivity index (χ1v) is 11.9. The molecule has 0 spiro atoms. The molecule has 0 amide bonds. The molecular formula is C27H33N5O2. The van der Waals surface area contributed by atoms with Gasteiger partial charge < -0.3 is 9.64 Å². The summed E-state index contributed by atoms with van der Waals surface area (Å²) >= 11 is 0. The molecule has 0 saturated heterocycles. The van der Waals surface area contributed by atoms with Crippen LogP contribution in [0.5, 0.6) is 5.88 Å². The van der Waals surface area contributed by atoms with Crippen LogP contribution in [0.15, 0.2) is 30.5 Å². The molecule has 0 radical (unpaired) electrons. The predicted molar refractivity (Wildman–Crippen MR) is 136 cm³/mol. The average Bonchev–Trinajstić information content (AvgIpc) is 3.20. The van der Waals surface area contributed by atoms with E-state index in [0.29, 0.717) is 23.4 Å². The molecule has 7 nitrogen and oxygen atoms in total. The van der Waals surface area contributed by atoms with Crippen molar-refractivity contribution in [2.75, 3.05) is 19.1 Å². The fraction of sp³-hybridized carbons (Fsp3) is 0.407. The fourth-order valence-electron chi connectivity index (χ4n) is 4.73. The molecule has 0 atom stereocenters. The van der Waals surface area contributed by atoms with Crippen molar-refractivity contribution in [3.05, 3.63) is 58.7 Å². The number of allylic oxidation sites excluding steroid dienone is 1. The third-order valence-corrected chi connectivity index (χ3v) is 6.74. The third-order valence-electron chi connectivity index (χ3n) is 6.74. The minimum atomic E-state index is 0.414. The van der Waals surface area contributed by atoms with E-state index in [1.165, 1.54) is 19.3 Å². The number of aromatic nitrogens is 4. The lowest BCUT2D eigenvalue weighted by atomic mass is 9.94. The minimum absolute atomic E-state index is 0.414. The largest absolute Gasteiger partial charge is 0.481 e. The second-order valence-electron chi connectivity index (χ2n) is 9.01. The van der Waals surface area contributed by atoms with E-state index in [2.05, 4.69) is 47.5 Å². The molecule has 1 aliphatic rings. The van der Waals surface area contributed by atoms with Crippen LogP contribution in [-0.2, 0) is 4.79 Å². The van der Waals surface area contributed by atoms with E-state index in [4.69, 9.17) is 14.7 Å². The van der Waals surface area contributed by atoms with Crippen LogP contribution in [0.25, 0.3) is 17.6 Å². The van der Waals surface area contributed by atoms with Crippen molar-refractivity contribution in [1.29, 1.82) is 0 Å². The summed E-state index contributed by atoms with van der Waals surface area (Å²) in [4.78, 5) is 28.6. The number of nitrogens with zero attached hydrogens (tertiary/aromatic N) is 5. The van der Waals surface area contributed by atoms with Gasteiger partial charge in [-0.1, -0.05) is 19.3 Å². The Balaban J connectivity index is 1.86. The van der Waals surface area contributed by atoms with Gasteiger partial charge in [0.25, 0.3) is 0 Å². The van der Waals surface area contributed by atoms with E-state index in [9.17, 15) is 4.79 Å². The highest BCUT2D eigenvalue weighted by Crippen LogP contribution is 2.32. The lowest BCUT2D eigenvalue weighted by Crippen LogP contribution is -2.35. The molecule has 7 heteroatoms. The van der Waals surface area contributed by atoms with Gasteiger partial charge in [0, 0.05) is 53.4 Å². The molecule has 3 heterocycles. The maximum absolute atomic E-state index is 12.1. The smallest absolute Gasteiger partial charge is 0.236 e. The van der Waals surface area contributed by atoms with E-state index in [0.717, 1.165) is 53.2 Å². The number of methoxy groups -OCH3 is 1. The van der Waals surface area contributed by atoms with Crippen molar-refractivity contribution in [2.24, 2.45) is 0 Å². The Morgan fingerprint density at radius 2 is 1.76 bits per heavy atom. The van der Waals surface area contributed by atoms with Gasteiger partial charge in [-0.3, -0.25) is 9.36 Å². The number of hydrogen-bond donors (Lipinski definition) is 0. The van der Waals surface area contributed by atoms with Crippen molar-refractivity contribution in [1.82, 2.24) is 19.5 Å². The summed E-state index contributed by atoms with van der Waals surface area (Å²) in [7, 11) is 3.69. The van der Waals surface area contributed by atoms with E-state index in [1.54, 1.807) is 19.4 Å². The summed E-state index contributed by atoms with van der Waals surface area (Å²) in [6, 6.07) is 8.16. The Labute approximate surface area is 201 Å². The number of aldehydes is 1. The first-order valence-electron chi connectivity index (χ1n) is 11.9. The average molecular weight is 460 g/mol. The summed E-state index contributed by atoms with van der Waals surface area (Å²) in [6.45, 7) is 6.11. The summed E-state index contributed by atoms with van der Waals surface area (Å²) < 4.78 is 7.23. The monoisotopic (exact) mass is 459 g/mol. The highest BCUT2D eigenvalue weighted by atomic mass is 16.5. The normalized spacial score (nSPS) is 14.8. The van der Waals surface area contributed by atoms with Crippen molar-refractivity contribution in [2.45, 2.75) is 58.9 Å². The van der Waals surface area contributed by atoms with E-state index in [1.807, 2.05) is 19.1 Å². The van der Waals surface area contributed by atoms with Gasteiger partial charge in [0.05, 0.1) is 12.8 Å². The molecule has 34 heavy (non-hydrogen) atoms. The maximum Gasteiger partial charge on any atom is 0.236 e. The number of carbonyl (C=O) groups is 1. The van der Waals surface area contributed by atoms with Crippen LogP contribution in [-0.4, -0.2) is 46.0 Å². The maximum atomic E-state index is 12.1. The summed E-state index contributed by atoms with van der Waals surface area (Å²) in [5, 5.41) is 0. The van der Waals surface area contributed by atoms with E-state index < -0.39 is 0 Å². The Morgan fingerprint density at radius 1 is 1.06 bits per heavy atom. The molecule has 3 aromatic rings. The highest BCUT2D eigenvalue weighted by Gasteiger charge is 2.24. The van der Waals surface area contributed by atoms with Gasteiger partial charge in [-0.25, -0.2) is 9.97 Å². The van der Waals surface area contributed by atoms with Gasteiger partial charge in [-0.2, -0.15) is 4.98 Å². The zero-order chi connectivity index (χ0) is 24.2. The molecule has 0 bridgehead atoms. The Hall–Kier alpha value is -3.48. The molecule has 4 rings (SSSR count). The Morgan fingerprint density at radius 3 is 2.35 bits per heavy atom. The van der Waals surface area contributed by atoms with Gasteiger partial charge in [0.15, 0.2) is 6.29 Å². The van der Waals surface area contributed by atoms with Gasteiger partial charge in [0.2, 0.25) is 11.8 Å². The fourth-order valence-corrected chi connectivity index (χ4v) is 4.73. The standard InChI is InChI=1S/C27H33N5O2/c1-18-11-12-19(2)32(18)27-29-20(3)24(26(30-27)31(4)23-9-7-6-8-10-23)15-22(17-33)21-13-14-25(34-5)28-16-21/h11-17,23H,6-10H2,1-5H3/b22-15+. The molecule has 0 N–H and O–H groups in total. The first-order chi connectivity index (χ1) is 16.4. The minimum Gasteiger partial charge on any atom is -0.481 e. The van der Waals surface area contributed by atoms with Crippen LogP contribution in [0.2, 0.25) is 0 Å². The van der Waals surface area contributed by atoms with Crippen molar-refractivity contribution in [3.63, 3.8) is 0 Å². The number of anilines is 1. The van der Waals surface area contributed by atoms with Crippen LogP contribution in [0.1, 0.15) is 60.3 Å². The SMILES string of the molecule is COc1ccc(/C(C=O)=C/c2c(C)nc(-n3c(C)ccc3C)nc2N(C)C2CCCCC2)cn1. The molecule has 1 fully saturated rings. The predicted octanol–water partition coefficient (Wildman–Crippen LogP) is 5.10. The molecule has 1 saturated carbocycles. The van der Waals surface area contributed by atoms with Crippen LogP contribution in [0.4, 0.5) is 5.82 Å². The number of rotatable bonds is 7. The van der Waals surface area contributed by atoms with Gasteiger partial charge in [-0.15, -0.1) is 0 Å². The lowest BCUT2D eigenvalue weighted by Gasteiger charge is -2.33. The summed E-state index contributed by atoms with van der Waals surface area (Å²) in [6.07, 6.45) is 10.4. The van der Waals surface area contributed by atoms with Crippen molar-refractivity contribution >= 4 is 23.8 Å². The number of pyridine rings is 1. The van der Waals surface area contributed by atoms with Crippen LogP contribution in [0.3, 0.4) is 0 Å². The van der Waals surface area contributed by atoms with Gasteiger partial charge >= 0.3 is 0 Å². The third kappa shape index (κ3) is 4.74. The second-order valence-corrected chi connectivity index (χ2v) is 9.01.